The van der Waals surface area contributed by atoms with Crippen LogP contribution in [0, 0.1) is 0 Å². The first-order chi connectivity index (χ1) is 10.2. The molecule has 0 aromatic heterocycles. The molecule has 0 aliphatic rings. The summed E-state index contributed by atoms with van der Waals surface area (Å²) in [5, 5.41) is 2.60. The van der Waals surface area contributed by atoms with E-state index in [4.69, 9.17) is 9.47 Å². The normalized spacial score (nSPS) is 10.3. The summed E-state index contributed by atoms with van der Waals surface area (Å²) < 4.78 is 9.84. The lowest BCUT2D eigenvalue weighted by Crippen LogP contribution is -2.24. The van der Waals surface area contributed by atoms with Gasteiger partial charge in [0.2, 0.25) is 0 Å². The molecule has 0 bridgehead atoms. The molecule has 0 saturated heterocycles. The maximum atomic E-state index is 11.4. The number of carbonyl (C=O) groups excluding carboxylic acids is 2. The van der Waals surface area contributed by atoms with Crippen LogP contribution in [0.2, 0.25) is 0 Å². The van der Waals surface area contributed by atoms with E-state index in [1.807, 2.05) is 36.4 Å². The third-order valence-corrected chi connectivity index (χ3v) is 2.56. The van der Waals surface area contributed by atoms with Crippen molar-refractivity contribution >= 4 is 12.1 Å². The van der Waals surface area contributed by atoms with Crippen molar-refractivity contribution in [2.45, 2.75) is 26.4 Å². The van der Waals surface area contributed by atoms with Crippen molar-refractivity contribution in [3.05, 3.63) is 48.0 Å². The number of amides is 1. The molecule has 0 radical (unpaired) electrons. The second-order valence-corrected chi connectivity index (χ2v) is 4.26. The van der Waals surface area contributed by atoms with Gasteiger partial charge in [-0.15, -0.1) is 0 Å². The van der Waals surface area contributed by atoms with Gasteiger partial charge in [-0.2, -0.15) is 0 Å². The topological polar surface area (TPSA) is 64.6 Å². The SMILES string of the molecule is CCOC(=O)CC/C=C\CNC(=O)OCc1ccccc1. The Kier molecular flexibility index (Phi) is 8.36. The number of nitrogens with one attached hydrogen (secondary N) is 1. The van der Waals surface area contributed by atoms with E-state index in [-0.39, 0.29) is 12.6 Å². The molecule has 1 rings (SSSR count). The number of ether oxygens (including phenoxy) is 2. The Bertz CT molecular complexity index is 457. The number of benzene rings is 1. The molecule has 0 aliphatic carbocycles. The van der Waals surface area contributed by atoms with Crippen LogP contribution >= 0.6 is 0 Å². The molecule has 5 heteroatoms. The summed E-state index contributed by atoms with van der Waals surface area (Å²) in [6.07, 6.45) is 4.09. The molecule has 0 saturated carbocycles. The number of rotatable bonds is 8. The first-order valence-corrected chi connectivity index (χ1v) is 6.97. The van der Waals surface area contributed by atoms with Crippen molar-refractivity contribution in [1.82, 2.24) is 5.32 Å². The average Bonchev–Trinajstić information content (AvgIpc) is 2.50. The fourth-order valence-corrected chi connectivity index (χ4v) is 1.55. The van der Waals surface area contributed by atoms with Crippen molar-refractivity contribution in [1.29, 1.82) is 0 Å². The lowest BCUT2D eigenvalue weighted by Gasteiger charge is -2.05. The Balaban J connectivity index is 2.06. The minimum absolute atomic E-state index is 0.211. The Morgan fingerprint density at radius 1 is 1.14 bits per heavy atom. The molecule has 5 nitrogen and oxygen atoms in total. The van der Waals surface area contributed by atoms with Gasteiger partial charge >= 0.3 is 12.1 Å². The van der Waals surface area contributed by atoms with Gasteiger partial charge < -0.3 is 14.8 Å². The summed E-state index contributed by atoms with van der Waals surface area (Å²) in [4.78, 5) is 22.5. The van der Waals surface area contributed by atoms with Crippen LogP contribution < -0.4 is 5.32 Å². The molecule has 1 amide bonds. The molecule has 0 fully saturated rings. The van der Waals surface area contributed by atoms with Gasteiger partial charge in [0.1, 0.15) is 6.61 Å². The lowest BCUT2D eigenvalue weighted by atomic mass is 10.2. The van der Waals surface area contributed by atoms with Crippen molar-refractivity contribution in [2.75, 3.05) is 13.2 Å². The maximum absolute atomic E-state index is 11.4. The molecule has 0 heterocycles. The quantitative estimate of drug-likeness (QED) is 0.591. The molecular weight excluding hydrogens is 270 g/mol. The summed E-state index contributed by atoms with van der Waals surface area (Å²) in [5.74, 6) is -0.211. The van der Waals surface area contributed by atoms with E-state index < -0.39 is 6.09 Å². The van der Waals surface area contributed by atoms with Crippen LogP contribution in [-0.4, -0.2) is 25.2 Å². The number of hydrogen-bond donors (Lipinski definition) is 1. The van der Waals surface area contributed by atoms with Crippen LogP contribution in [0.1, 0.15) is 25.3 Å². The standard InChI is InChI=1S/C16H21NO4/c1-2-20-15(18)11-7-4-8-12-17-16(19)21-13-14-9-5-3-6-10-14/h3-6,8-10H,2,7,11-13H2,1H3,(H,17,19)/b8-4-. The predicted octanol–water partition coefficient (Wildman–Crippen LogP) is 2.81. The van der Waals surface area contributed by atoms with Gasteiger partial charge in [-0.1, -0.05) is 42.5 Å². The summed E-state index contributed by atoms with van der Waals surface area (Å²) in [6, 6.07) is 9.47. The third kappa shape index (κ3) is 8.47. The van der Waals surface area contributed by atoms with Gasteiger partial charge in [-0.05, 0) is 18.9 Å². The summed E-state index contributed by atoms with van der Waals surface area (Å²) in [6.45, 7) is 2.80. The van der Waals surface area contributed by atoms with Crippen molar-refractivity contribution in [3.63, 3.8) is 0 Å². The lowest BCUT2D eigenvalue weighted by molar-refractivity contribution is -0.143. The summed E-state index contributed by atoms with van der Waals surface area (Å²) in [5.41, 5.74) is 0.942. The van der Waals surface area contributed by atoms with E-state index >= 15 is 0 Å². The van der Waals surface area contributed by atoms with E-state index in [0.717, 1.165) is 5.56 Å². The fraction of sp³-hybridized carbons (Fsp3) is 0.375. The van der Waals surface area contributed by atoms with Gasteiger partial charge in [0, 0.05) is 13.0 Å². The molecule has 114 valence electrons. The van der Waals surface area contributed by atoms with E-state index in [9.17, 15) is 9.59 Å². The number of esters is 1. The Morgan fingerprint density at radius 3 is 2.62 bits per heavy atom. The van der Waals surface area contributed by atoms with Crippen LogP contribution in [0.15, 0.2) is 42.5 Å². The van der Waals surface area contributed by atoms with E-state index in [1.54, 1.807) is 13.0 Å². The average molecular weight is 291 g/mol. The molecule has 0 unspecified atom stereocenters. The smallest absolute Gasteiger partial charge is 0.407 e. The molecule has 1 aromatic carbocycles. The van der Waals surface area contributed by atoms with Crippen LogP contribution in [0.5, 0.6) is 0 Å². The van der Waals surface area contributed by atoms with Crippen LogP contribution in [-0.2, 0) is 20.9 Å². The van der Waals surface area contributed by atoms with E-state index in [1.165, 1.54) is 0 Å². The second-order valence-electron chi connectivity index (χ2n) is 4.26. The van der Waals surface area contributed by atoms with Gasteiger partial charge in [0.25, 0.3) is 0 Å². The largest absolute Gasteiger partial charge is 0.466 e. The first-order valence-electron chi connectivity index (χ1n) is 6.97. The highest BCUT2D eigenvalue weighted by Crippen LogP contribution is 2.00. The molecule has 0 aliphatic heterocycles. The van der Waals surface area contributed by atoms with Crippen molar-refractivity contribution in [2.24, 2.45) is 0 Å². The second kappa shape index (κ2) is 10.5. The molecular formula is C16H21NO4. The number of hydrogen-bond acceptors (Lipinski definition) is 4. The Hall–Kier alpha value is -2.30. The first kappa shape index (κ1) is 16.8. The number of allylic oxidation sites excluding steroid dienone is 1. The van der Waals surface area contributed by atoms with Crippen LogP contribution in [0.3, 0.4) is 0 Å². The highest BCUT2D eigenvalue weighted by Gasteiger charge is 2.00. The molecule has 21 heavy (non-hydrogen) atoms. The third-order valence-electron chi connectivity index (χ3n) is 2.56. The van der Waals surface area contributed by atoms with Gasteiger partial charge in [-0.25, -0.2) is 4.79 Å². The monoisotopic (exact) mass is 291 g/mol. The van der Waals surface area contributed by atoms with E-state index in [2.05, 4.69) is 5.32 Å². The minimum Gasteiger partial charge on any atom is -0.466 e. The molecule has 1 N–H and O–H groups in total. The number of alkyl carbamates (subject to hydrolysis) is 1. The summed E-state index contributed by atoms with van der Waals surface area (Å²) >= 11 is 0. The zero-order chi connectivity index (χ0) is 15.3. The Labute approximate surface area is 124 Å². The van der Waals surface area contributed by atoms with Crippen LogP contribution in [0.4, 0.5) is 4.79 Å². The van der Waals surface area contributed by atoms with Crippen LogP contribution in [0.25, 0.3) is 0 Å². The predicted molar refractivity (Wildman–Crippen MR) is 79.6 cm³/mol. The highest BCUT2D eigenvalue weighted by atomic mass is 16.5. The van der Waals surface area contributed by atoms with Crippen molar-refractivity contribution in [3.8, 4) is 0 Å². The maximum Gasteiger partial charge on any atom is 0.407 e. The van der Waals surface area contributed by atoms with Gasteiger partial charge in [0.15, 0.2) is 0 Å². The fourth-order valence-electron chi connectivity index (χ4n) is 1.55. The molecule has 0 spiro atoms. The summed E-state index contributed by atoms with van der Waals surface area (Å²) in [7, 11) is 0. The van der Waals surface area contributed by atoms with E-state index in [0.29, 0.717) is 26.0 Å². The minimum atomic E-state index is -0.464. The highest BCUT2D eigenvalue weighted by molar-refractivity contribution is 5.69. The Morgan fingerprint density at radius 2 is 1.90 bits per heavy atom. The zero-order valence-corrected chi connectivity index (χ0v) is 12.2. The van der Waals surface area contributed by atoms with Gasteiger partial charge in [0.05, 0.1) is 6.61 Å². The molecule has 1 aromatic rings. The van der Waals surface area contributed by atoms with Gasteiger partial charge in [-0.3, -0.25) is 4.79 Å². The molecule has 0 atom stereocenters. The number of carbonyl (C=O) groups is 2. The zero-order valence-electron chi connectivity index (χ0n) is 12.2. The van der Waals surface area contributed by atoms with Crippen molar-refractivity contribution < 1.29 is 19.1 Å².